The topological polar surface area (TPSA) is 64.6 Å². The summed E-state index contributed by atoms with van der Waals surface area (Å²) in [5, 5.41) is 2.58. The smallest absolute Gasteiger partial charge is 0.416 e. The number of hydrogen-bond donors (Lipinski definition) is 1. The Kier molecular flexibility index (Phi) is 7.86. The summed E-state index contributed by atoms with van der Waals surface area (Å²) in [6.07, 6.45) is -2.33. The molecule has 0 atom stereocenters. The van der Waals surface area contributed by atoms with Crippen molar-refractivity contribution in [3.63, 3.8) is 0 Å². The monoisotopic (exact) mass is 455 g/mol. The van der Waals surface area contributed by atoms with Crippen LogP contribution in [0.25, 0.3) is 6.08 Å². The second kappa shape index (κ2) is 11.0. The van der Waals surface area contributed by atoms with E-state index in [4.69, 9.17) is 9.47 Å². The minimum Gasteiger partial charge on any atom is -0.489 e. The van der Waals surface area contributed by atoms with Gasteiger partial charge >= 0.3 is 12.1 Å². The first-order chi connectivity index (χ1) is 15.8. The lowest BCUT2D eigenvalue weighted by Crippen LogP contribution is -2.20. The van der Waals surface area contributed by atoms with Crippen LogP contribution in [0.5, 0.6) is 5.75 Å². The SMILES string of the molecule is O=C(COC(=O)C=Cc1cccc(C(F)(F)F)c1)Nc1ccc(OCc2ccccc2)cc1. The Morgan fingerprint density at radius 1 is 0.909 bits per heavy atom. The molecule has 0 aliphatic heterocycles. The lowest BCUT2D eigenvalue weighted by atomic mass is 10.1. The summed E-state index contributed by atoms with van der Waals surface area (Å²) in [7, 11) is 0. The molecular formula is C25H20F3NO4. The van der Waals surface area contributed by atoms with Crippen molar-refractivity contribution in [1.29, 1.82) is 0 Å². The van der Waals surface area contributed by atoms with Gasteiger partial charge in [-0.3, -0.25) is 4.79 Å². The molecule has 0 spiro atoms. The van der Waals surface area contributed by atoms with E-state index in [0.717, 1.165) is 23.8 Å². The molecule has 0 fully saturated rings. The van der Waals surface area contributed by atoms with Gasteiger partial charge in [0.2, 0.25) is 0 Å². The van der Waals surface area contributed by atoms with Gasteiger partial charge < -0.3 is 14.8 Å². The van der Waals surface area contributed by atoms with Crippen LogP contribution in [0.4, 0.5) is 18.9 Å². The highest BCUT2D eigenvalue weighted by Crippen LogP contribution is 2.29. The lowest BCUT2D eigenvalue weighted by Gasteiger charge is -2.08. The zero-order chi connectivity index (χ0) is 23.7. The molecule has 3 rings (SSSR count). The van der Waals surface area contributed by atoms with Crippen LogP contribution < -0.4 is 10.1 Å². The molecule has 8 heteroatoms. The first kappa shape index (κ1) is 23.6. The van der Waals surface area contributed by atoms with Gasteiger partial charge in [-0.2, -0.15) is 13.2 Å². The normalized spacial score (nSPS) is 11.2. The van der Waals surface area contributed by atoms with Gasteiger partial charge in [0.05, 0.1) is 5.56 Å². The van der Waals surface area contributed by atoms with Crippen LogP contribution in [-0.2, 0) is 27.1 Å². The summed E-state index contributed by atoms with van der Waals surface area (Å²) in [6, 6.07) is 20.8. The number of benzene rings is 3. The molecule has 5 nitrogen and oxygen atoms in total. The molecule has 3 aromatic carbocycles. The highest BCUT2D eigenvalue weighted by Gasteiger charge is 2.30. The number of ether oxygens (including phenoxy) is 2. The van der Waals surface area contributed by atoms with Gasteiger partial charge in [-0.25, -0.2) is 4.79 Å². The Bertz CT molecular complexity index is 1110. The van der Waals surface area contributed by atoms with Crippen LogP contribution in [0.2, 0.25) is 0 Å². The van der Waals surface area contributed by atoms with Gasteiger partial charge in [-0.05, 0) is 53.6 Å². The summed E-state index contributed by atoms with van der Waals surface area (Å²) in [6.45, 7) is -0.130. The Morgan fingerprint density at radius 3 is 2.33 bits per heavy atom. The Labute approximate surface area is 188 Å². The van der Waals surface area contributed by atoms with E-state index in [-0.39, 0.29) is 5.56 Å². The highest BCUT2D eigenvalue weighted by atomic mass is 19.4. The molecule has 0 aliphatic carbocycles. The minimum atomic E-state index is -4.48. The number of rotatable bonds is 8. The predicted molar refractivity (Wildman–Crippen MR) is 117 cm³/mol. The van der Waals surface area contributed by atoms with E-state index in [1.54, 1.807) is 24.3 Å². The zero-order valence-corrected chi connectivity index (χ0v) is 17.3. The van der Waals surface area contributed by atoms with E-state index in [9.17, 15) is 22.8 Å². The number of carbonyl (C=O) groups excluding carboxylic acids is 2. The van der Waals surface area contributed by atoms with E-state index in [1.165, 1.54) is 18.2 Å². The third kappa shape index (κ3) is 7.84. The van der Waals surface area contributed by atoms with Crippen molar-refractivity contribution in [3.05, 3.63) is 102 Å². The van der Waals surface area contributed by atoms with Gasteiger partial charge in [0, 0.05) is 11.8 Å². The van der Waals surface area contributed by atoms with E-state index in [2.05, 4.69) is 5.32 Å². The molecule has 0 aliphatic rings. The summed E-state index contributed by atoms with van der Waals surface area (Å²) in [4.78, 5) is 23.7. The summed E-state index contributed by atoms with van der Waals surface area (Å²) < 4.78 is 48.6. The number of alkyl halides is 3. The fourth-order valence-electron chi connectivity index (χ4n) is 2.74. The molecule has 0 unspecified atom stereocenters. The van der Waals surface area contributed by atoms with Gasteiger partial charge in [0.25, 0.3) is 5.91 Å². The molecule has 1 N–H and O–H groups in total. The number of esters is 1. The molecule has 0 saturated carbocycles. The fourth-order valence-corrected chi connectivity index (χ4v) is 2.74. The molecular weight excluding hydrogens is 435 g/mol. The Morgan fingerprint density at radius 2 is 1.64 bits per heavy atom. The molecule has 170 valence electrons. The second-order valence-electron chi connectivity index (χ2n) is 6.91. The number of halogens is 3. The van der Waals surface area contributed by atoms with Crippen molar-refractivity contribution in [1.82, 2.24) is 0 Å². The van der Waals surface area contributed by atoms with E-state index in [0.29, 0.717) is 18.0 Å². The average Bonchev–Trinajstić information content (AvgIpc) is 2.81. The maximum absolute atomic E-state index is 12.7. The molecule has 0 bridgehead atoms. The fraction of sp³-hybridized carbons (Fsp3) is 0.120. The number of hydrogen-bond acceptors (Lipinski definition) is 4. The summed E-state index contributed by atoms with van der Waals surface area (Å²) in [5.41, 5.74) is 0.871. The number of amides is 1. The van der Waals surface area contributed by atoms with Crippen LogP contribution in [-0.4, -0.2) is 18.5 Å². The van der Waals surface area contributed by atoms with Crippen molar-refractivity contribution < 1.29 is 32.2 Å². The van der Waals surface area contributed by atoms with Gasteiger partial charge in [-0.15, -0.1) is 0 Å². The van der Waals surface area contributed by atoms with Crippen molar-refractivity contribution in [2.45, 2.75) is 12.8 Å². The maximum atomic E-state index is 12.7. The van der Waals surface area contributed by atoms with E-state index >= 15 is 0 Å². The van der Waals surface area contributed by atoms with Crippen LogP contribution in [0.15, 0.2) is 84.9 Å². The average molecular weight is 455 g/mol. The molecule has 3 aromatic rings. The van der Waals surface area contributed by atoms with Crippen LogP contribution in [0, 0.1) is 0 Å². The molecule has 33 heavy (non-hydrogen) atoms. The van der Waals surface area contributed by atoms with E-state index < -0.39 is 30.2 Å². The molecule has 0 saturated heterocycles. The largest absolute Gasteiger partial charge is 0.489 e. The zero-order valence-electron chi connectivity index (χ0n) is 17.3. The highest BCUT2D eigenvalue weighted by molar-refractivity contribution is 5.94. The Hall–Kier alpha value is -4.07. The van der Waals surface area contributed by atoms with Crippen molar-refractivity contribution in [3.8, 4) is 5.75 Å². The quantitative estimate of drug-likeness (QED) is 0.361. The van der Waals surface area contributed by atoms with Gasteiger partial charge in [0.1, 0.15) is 12.4 Å². The standard InChI is InChI=1S/C25H20F3NO4/c26-25(27,28)20-8-4-7-18(15-20)9-14-24(31)33-17-23(30)29-21-10-12-22(13-11-21)32-16-19-5-2-1-3-6-19/h1-15H,16-17H2,(H,29,30). The molecule has 1 amide bonds. The maximum Gasteiger partial charge on any atom is 0.416 e. The summed E-state index contributed by atoms with van der Waals surface area (Å²) >= 11 is 0. The molecule has 0 radical (unpaired) electrons. The summed E-state index contributed by atoms with van der Waals surface area (Å²) in [5.74, 6) is -0.788. The van der Waals surface area contributed by atoms with Crippen LogP contribution in [0.3, 0.4) is 0 Å². The van der Waals surface area contributed by atoms with Gasteiger partial charge in [-0.1, -0.05) is 42.5 Å². The third-order valence-corrected chi connectivity index (χ3v) is 4.36. The molecule has 0 heterocycles. The number of carbonyl (C=O) groups is 2. The second-order valence-corrected chi connectivity index (χ2v) is 6.91. The third-order valence-electron chi connectivity index (χ3n) is 4.36. The Balaban J connectivity index is 1.43. The number of nitrogens with one attached hydrogen (secondary N) is 1. The van der Waals surface area contributed by atoms with Crippen molar-refractivity contribution in [2.24, 2.45) is 0 Å². The minimum absolute atomic E-state index is 0.181. The van der Waals surface area contributed by atoms with Crippen LogP contribution >= 0.6 is 0 Å². The van der Waals surface area contributed by atoms with E-state index in [1.807, 2.05) is 30.3 Å². The first-order valence-electron chi connectivity index (χ1n) is 9.88. The molecule has 0 aromatic heterocycles. The van der Waals surface area contributed by atoms with Crippen LogP contribution in [0.1, 0.15) is 16.7 Å². The predicted octanol–water partition coefficient (Wildman–Crippen LogP) is 5.48. The number of anilines is 1. The van der Waals surface area contributed by atoms with Crippen molar-refractivity contribution in [2.75, 3.05) is 11.9 Å². The van der Waals surface area contributed by atoms with Gasteiger partial charge in [0.15, 0.2) is 6.61 Å². The lowest BCUT2D eigenvalue weighted by molar-refractivity contribution is -0.142. The first-order valence-corrected chi connectivity index (χ1v) is 9.88. The van der Waals surface area contributed by atoms with Crippen molar-refractivity contribution >= 4 is 23.6 Å².